The highest BCUT2D eigenvalue weighted by Crippen LogP contribution is 2.28. The van der Waals surface area contributed by atoms with Gasteiger partial charge in [0, 0.05) is 17.5 Å². The summed E-state index contributed by atoms with van der Waals surface area (Å²) in [6.45, 7) is 4.09. The first-order valence-corrected chi connectivity index (χ1v) is 7.78. The molecule has 1 aliphatic rings. The first kappa shape index (κ1) is 13.5. The van der Waals surface area contributed by atoms with Crippen LogP contribution < -0.4 is 5.32 Å². The lowest BCUT2D eigenvalue weighted by Gasteiger charge is -2.16. The monoisotopic (exact) mass is 266 g/mol. The molecule has 1 fully saturated rings. The van der Waals surface area contributed by atoms with Crippen molar-refractivity contribution in [3.8, 4) is 0 Å². The molecule has 0 aromatic carbocycles. The summed E-state index contributed by atoms with van der Waals surface area (Å²) in [5, 5.41) is 6.21. The Balaban J connectivity index is 1.87. The average molecular weight is 266 g/mol. The zero-order chi connectivity index (χ0) is 13.0. The molecule has 100 valence electrons. The van der Waals surface area contributed by atoms with Crippen molar-refractivity contribution in [3.63, 3.8) is 0 Å². The van der Waals surface area contributed by atoms with E-state index in [0.29, 0.717) is 12.3 Å². The number of carbonyl (C=O) groups is 1. The van der Waals surface area contributed by atoms with E-state index in [1.807, 2.05) is 12.3 Å². The molecule has 1 atom stereocenters. The van der Waals surface area contributed by atoms with Gasteiger partial charge in [-0.1, -0.05) is 19.8 Å². The van der Waals surface area contributed by atoms with Crippen LogP contribution in [0.5, 0.6) is 0 Å². The zero-order valence-corrected chi connectivity index (χ0v) is 12.1. The van der Waals surface area contributed by atoms with Gasteiger partial charge in [-0.05, 0) is 32.1 Å². The van der Waals surface area contributed by atoms with Gasteiger partial charge < -0.3 is 5.32 Å². The molecular weight excluding hydrogens is 244 g/mol. The third kappa shape index (κ3) is 3.55. The SMILES string of the molecule is CCC(NC(=O)CC1CCCC1)c1nc(C)cs1. The maximum absolute atomic E-state index is 12.0. The number of aromatic nitrogens is 1. The highest BCUT2D eigenvalue weighted by molar-refractivity contribution is 7.09. The number of aryl methyl sites for hydroxylation is 1. The van der Waals surface area contributed by atoms with Gasteiger partial charge in [0.15, 0.2) is 0 Å². The van der Waals surface area contributed by atoms with Gasteiger partial charge in [0.2, 0.25) is 5.91 Å². The fourth-order valence-corrected chi connectivity index (χ4v) is 3.53. The molecule has 2 rings (SSSR count). The van der Waals surface area contributed by atoms with Gasteiger partial charge in [0.05, 0.1) is 6.04 Å². The number of nitrogens with one attached hydrogen (secondary N) is 1. The number of amides is 1. The first-order chi connectivity index (χ1) is 8.69. The molecule has 1 unspecified atom stereocenters. The Hall–Kier alpha value is -0.900. The number of rotatable bonds is 5. The Morgan fingerprint density at radius 2 is 2.28 bits per heavy atom. The smallest absolute Gasteiger partial charge is 0.220 e. The predicted octanol–water partition coefficient (Wildman–Crippen LogP) is 3.60. The molecule has 1 aliphatic carbocycles. The Kier molecular flexibility index (Phi) is 4.75. The Bertz CT molecular complexity index is 396. The third-order valence-electron chi connectivity index (χ3n) is 3.63. The van der Waals surface area contributed by atoms with Crippen molar-refractivity contribution in [3.05, 3.63) is 16.1 Å². The number of carbonyl (C=O) groups excluding carboxylic acids is 1. The maximum atomic E-state index is 12.0. The van der Waals surface area contributed by atoms with E-state index in [1.54, 1.807) is 11.3 Å². The average Bonchev–Trinajstić information content (AvgIpc) is 2.97. The highest BCUT2D eigenvalue weighted by Gasteiger charge is 2.21. The molecular formula is C14H22N2OS. The topological polar surface area (TPSA) is 42.0 Å². The molecule has 1 saturated carbocycles. The van der Waals surface area contributed by atoms with Crippen LogP contribution in [0.4, 0.5) is 0 Å². The lowest BCUT2D eigenvalue weighted by atomic mass is 10.0. The van der Waals surface area contributed by atoms with E-state index in [4.69, 9.17) is 0 Å². The molecule has 0 radical (unpaired) electrons. The van der Waals surface area contributed by atoms with E-state index in [0.717, 1.165) is 17.1 Å². The number of thiazole rings is 1. The molecule has 18 heavy (non-hydrogen) atoms. The summed E-state index contributed by atoms with van der Waals surface area (Å²) in [6, 6.07) is 0.0950. The van der Waals surface area contributed by atoms with E-state index >= 15 is 0 Å². The first-order valence-electron chi connectivity index (χ1n) is 6.90. The van der Waals surface area contributed by atoms with Gasteiger partial charge in [-0.15, -0.1) is 11.3 Å². The van der Waals surface area contributed by atoms with E-state index in [9.17, 15) is 4.79 Å². The van der Waals surface area contributed by atoms with E-state index in [1.165, 1.54) is 25.7 Å². The molecule has 0 saturated heterocycles. The van der Waals surface area contributed by atoms with Crippen molar-refractivity contribution in [2.45, 2.75) is 58.4 Å². The van der Waals surface area contributed by atoms with Crippen LogP contribution in [0.15, 0.2) is 5.38 Å². The van der Waals surface area contributed by atoms with Crippen LogP contribution in [-0.4, -0.2) is 10.9 Å². The lowest BCUT2D eigenvalue weighted by Crippen LogP contribution is -2.29. The van der Waals surface area contributed by atoms with Crippen LogP contribution in [0, 0.1) is 12.8 Å². The molecule has 1 N–H and O–H groups in total. The second-order valence-corrected chi connectivity index (χ2v) is 6.10. The zero-order valence-electron chi connectivity index (χ0n) is 11.2. The van der Waals surface area contributed by atoms with E-state index in [-0.39, 0.29) is 11.9 Å². The number of hydrogen-bond acceptors (Lipinski definition) is 3. The summed E-state index contributed by atoms with van der Waals surface area (Å²) in [5.41, 5.74) is 1.04. The molecule has 1 aromatic rings. The molecule has 3 nitrogen and oxygen atoms in total. The summed E-state index contributed by atoms with van der Waals surface area (Å²) >= 11 is 1.64. The van der Waals surface area contributed by atoms with E-state index < -0.39 is 0 Å². The van der Waals surface area contributed by atoms with Gasteiger partial charge in [0.1, 0.15) is 5.01 Å². The van der Waals surface area contributed by atoms with Crippen LogP contribution in [-0.2, 0) is 4.79 Å². The maximum Gasteiger partial charge on any atom is 0.220 e. The Morgan fingerprint density at radius 3 is 2.83 bits per heavy atom. The summed E-state index contributed by atoms with van der Waals surface area (Å²) in [4.78, 5) is 16.5. The lowest BCUT2D eigenvalue weighted by molar-refractivity contribution is -0.122. The van der Waals surface area contributed by atoms with Crippen molar-refractivity contribution in [1.82, 2.24) is 10.3 Å². The van der Waals surface area contributed by atoms with Crippen LogP contribution in [0.3, 0.4) is 0 Å². The summed E-state index contributed by atoms with van der Waals surface area (Å²) in [5.74, 6) is 0.808. The predicted molar refractivity (Wildman–Crippen MR) is 74.6 cm³/mol. The van der Waals surface area contributed by atoms with E-state index in [2.05, 4.69) is 17.2 Å². The van der Waals surface area contributed by atoms with Gasteiger partial charge in [0.25, 0.3) is 0 Å². The third-order valence-corrected chi connectivity index (χ3v) is 4.70. The number of nitrogens with zero attached hydrogens (tertiary/aromatic N) is 1. The standard InChI is InChI=1S/C14H22N2OS/c1-3-12(14-15-10(2)9-18-14)16-13(17)8-11-6-4-5-7-11/h9,11-12H,3-8H2,1-2H3,(H,16,17). The highest BCUT2D eigenvalue weighted by atomic mass is 32.1. The minimum Gasteiger partial charge on any atom is -0.347 e. The van der Waals surface area contributed by atoms with Gasteiger partial charge in [-0.25, -0.2) is 4.98 Å². The molecule has 4 heteroatoms. The molecule has 0 bridgehead atoms. The summed E-state index contributed by atoms with van der Waals surface area (Å²) < 4.78 is 0. The summed E-state index contributed by atoms with van der Waals surface area (Å²) in [6.07, 6.45) is 6.63. The Morgan fingerprint density at radius 1 is 1.56 bits per heavy atom. The molecule has 1 heterocycles. The van der Waals surface area contributed by atoms with Gasteiger partial charge in [-0.2, -0.15) is 0 Å². The number of hydrogen-bond donors (Lipinski definition) is 1. The largest absolute Gasteiger partial charge is 0.347 e. The molecule has 1 aromatic heterocycles. The quantitative estimate of drug-likeness (QED) is 0.884. The fourth-order valence-electron chi connectivity index (χ4n) is 2.60. The van der Waals surface area contributed by atoms with Crippen molar-refractivity contribution in [1.29, 1.82) is 0 Å². The van der Waals surface area contributed by atoms with Gasteiger partial charge >= 0.3 is 0 Å². The van der Waals surface area contributed by atoms with Crippen molar-refractivity contribution in [2.24, 2.45) is 5.92 Å². The minimum atomic E-state index is 0.0950. The molecule has 0 spiro atoms. The van der Waals surface area contributed by atoms with Crippen LogP contribution in [0.2, 0.25) is 0 Å². The van der Waals surface area contributed by atoms with Crippen LogP contribution in [0.1, 0.15) is 62.2 Å². The summed E-state index contributed by atoms with van der Waals surface area (Å²) in [7, 11) is 0. The minimum absolute atomic E-state index is 0.0950. The molecule has 1 amide bonds. The Labute approximate surface area is 113 Å². The molecule has 0 aliphatic heterocycles. The fraction of sp³-hybridized carbons (Fsp3) is 0.714. The van der Waals surface area contributed by atoms with Crippen molar-refractivity contribution >= 4 is 17.2 Å². The van der Waals surface area contributed by atoms with Gasteiger partial charge in [-0.3, -0.25) is 4.79 Å². The van der Waals surface area contributed by atoms with Crippen molar-refractivity contribution < 1.29 is 4.79 Å². The van der Waals surface area contributed by atoms with Crippen LogP contribution >= 0.6 is 11.3 Å². The second-order valence-electron chi connectivity index (χ2n) is 5.21. The normalized spacial score (nSPS) is 17.9. The van der Waals surface area contributed by atoms with Crippen molar-refractivity contribution in [2.75, 3.05) is 0 Å². The second kappa shape index (κ2) is 6.32. The van der Waals surface area contributed by atoms with Crippen LogP contribution in [0.25, 0.3) is 0 Å².